The van der Waals surface area contributed by atoms with Crippen molar-refractivity contribution in [3.05, 3.63) is 5.01 Å². The molecule has 2 N–H and O–H groups in total. The first kappa shape index (κ1) is 14.3. The van der Waals surface area contributed by atoms with Crippen LogP contribution in [0.1, 0.15) is 25.3 Å². The summed E-state index contributed by atoms with van der Waals surface area (Å²) in [5.41, 5.74) is 0. The van der Waals surface area contributed by atoms with Crippen LogP contribution in [0.25, 0.3) is 0 Å². The maximum atomic E-state index is 11.5. The molecule has 0 aliphatic rings. The summed E-state index contributed by atoms with van der Waals surface area (Å²) in [4.78, 5) is 0. The molecule has 0 aliphatic carbocycles. The Hall–Kier alpha value is -0.730. The molecule has 0 spiro atoms. The lowest BCUT2D eigenvalue weighted by molar-refractivity contribution is 0.295. The van der Waals surface area contributed by atoms with Crippen molar-refractivity contribution in [2.24, 2.45) is 5.92 Å². The van der Waals surface area contributed by atoms with Gasteiger partial charge in [-0.05, 0) is 12.3 Å². The third-order valence-electron chi connectivity index (χ3n) is 1.86. The summed E-state index contributed by atoms with van der Waals surface area (Å²) < 4.78 is 25.4. The van der Waals surface area contributed by atoms with Gasteiger partial charge in [0.05, 0.1) is 5.75 Å². The van der Waals surface area contributed by atoms with Crippen molar-refractivity contribution in [1.29, 1.82) is 0 Å². The smallest absolute Gasteiger partial charge is 0.234 e. The molecule has 0 unspecified atom stereocenters. The number of anilines is 1. The van der Waals surface area contributed by atoms with E-state index >= 15 is 0 Å². The van der Waals surface area contributed by atoms with E-state index in [-0.39, 0.29) is 18.8 Å². The first-order valence-electron chi connectivity index (χ1n) is 5.36. The second-order valence-corrected chi connectivity index (χ2v) is 7.00. The Bertz CT molecular complexity index is 442. The van der Waals surface area contributed by atoms with Gasteiger partial charge in [-0.25, -0.2) is 8.42 Å². The van der Waals surface area contributed by atoms with Gasteiger partial charge in [0.15, 0.2) is 0 Å². The second-order valence-electron chi connectivity index (χ2n) is 4.10. The molecule has 1 aromatic heterocycles. The van der Waals surface area contributed by atoms with Gasteiger partial charge in [-0.15, -0.1) is 10.2 Å². The molecule has 1 heterocycles. The third kappa shape index (κ3) is 5.42. The van der Waals surface area contributed by atoms with Crippen LogP contribution in [0.4, 0.5) is 5.13 Å². The van der Waals surface area contributed by atoms with Crippen molar-refractivity contribution >= 4 is 26.5 Å². The summed E-state index contributed by atoms with van der Waals surface area (Å²) in [6, 6.07) is 0. The van der Waals surface area contributed by atoms with Gasteiger partial charge >= 0.3 is 0 Å². The molecule has 8 heteroatoms. The van der Waals surface area contributed by atoms with Crippen LogP contribution in [-0.2, 0) is 16.4 Å². The predicted molar refractivity (Wildman–Crippen MR) is 67.6 cm³/mol. The fourth-order valence-corrected chi connectivity index (χ4v) is 3.43. The minimum Gasteiger partial charge on any atom is -0.396 e. The van der Waals surface area contributed by atoms with E-state index in [1.165, 1.54) is 11.3 Å². The molecule has 0 aromatic carbocycles. The maximum absolute atomic E-state index is 11.5. The number of aliphatic hydroxyl groups is 1. The highest BCUT2D eigenvalue weighted by Crippen LogP contribution is 2.19. The fraction of sp³-hybridized carbons (Fsp3) is 0.778. The van der Waals surface area contributed by atoms with Gasteiger partial charge in [-0.3, -0.25) is 4.72 Å². The Kier molecular flexibility index (Phi) is 5.29. The van der Waals surface area contributed by atoms with Gasteiger partial charge in [0.2, 0.25) is 15.2 Å². The average molecular weight is 279 g/mol. The summed E-state index contributed by atoms with van der Waals surface area (Å²) >= 11 is 1.25. The zero-order chi connectivity index (χ0) is 12.9. The van der Waals surface area contributed by atoms with Crippen LogP contribution >= 0.6 is 11.3 Å². The highest BCUT2D eigenvalue weighted by molar-refractivity contribution is 7.92. The quantitative estimate of drug-likeness (QED) is 0.772. The van der Waals surface area contributed by atoms with Crippen molar-refractivity contribution in [1.82, 2.24) is 10.2 Å². The zero-order valence-corrected chi connectivity index (χ0v) is 11.5. The minimum atomic E-state index is -3.41. The molecule has 6 nitrogen and oxygen atoms in total. The molecule has 98 valence electrons. The normalized spacial score (nSPS) is 12.0. The van der Waals surface area contributed by atoms with E-state index in [1.807, 2.05) is 0 Å². The molecule has 0 saturated heterocycles. The van der Waals surface area contributed by atoms with Gasteiger partial charge in [0.1, 0.15) is 5.01 Å². The van der Waals surface area contributed by atoms with Gasteiger partial charge in [0.25, 0.3) is 0 Å². The summed E-state index contributed by atoms with van der Waals surface area (Å²) in [7, 11) is -3.41. The lowest BCUT2D eigenvalue weighted by Crippen LogP contribution is -2.17. The number of nitrogens with zero attached hydrogens (tertiary/aromatic N) is 2. The summed E-state index contributed by atoms with van der Waals surface area (Å²) in [5.74, 6) is 0.351. The number of aromatic nitrogens is 2. The van der Waals surface area contributed by atoms with Crippen LogP contribution in [0.3, 0.4) is 0 Å². The SMILES string of the molecule is CC(C)Cc1nnc(NS(=O)(=O)CCCO)s1. The topological polar surface area (TPSA) is 92.2 Å². The first-order chi connectivity index (χ1) is 7.93. The monoisotopic (exact) mass is 279 g/mol. The van der Waals surface area contributed by atoms with E-state index in [0.717, 1.165) is 11.4 Å². The van der Waals surface area contributed by atoms with Gasteiger partial charge in [0, 0.05) is 13.0 Å². The van der Waals surface area contributed by atoms with Crippen molar-refractivity contribution in [3.63, 3.8) is 0 Å². The van der Waals surface area contributed by atoms with Crippen LogP contribution < -0.4 is 4.72 Å². The molecule has 0 bridgehead atoms. The van der Waals surface area contributed by atoms with Gasteiger partial charge in [-0.2, -0.15) is 0 Å². The van der Waals surface area contributed by atoms with E-state index in [9.17, 15) is 8.42 Å². The molecular formula is C9H17N3O3S2. The van der Waals surface area contributed by atoms with Crippen LogP contribution in [0.2, 0.25) is 0 Å². The lowest BCUT2D eigenvalue weighted by atomic mass is 10.1. The van der Waals surface area contributed by atoms with E-state index in [4.69, 9.17) is 5.11 Å². The largest absolute Gasteiger partial charge is 0.396 e. The minimum absolute atomic E-state index is 0.109. The molecule has 17 heavy (non-hydrogen) atoms. The molecule has 0 radical (unpaired) electrons. The number of hydrogen-bond donors (Lipinski definition) is 2. The molecule has 1 rings (SSSR count). The number of sulfonamides is 1. The molecule has 1 aromatic rings. The Morgan fingerprint density at radius 2 is 2.12 bits per heavy atom. The van der Waals surface area contributed by atoms with Crippen molar-refractivity contribution in [2.45, 2.75) is 26.7 Å². The fourth-order valence-electron chi connectivity index (χ4n) is 1.17. The van der Waals surface area contributed by atoms with Crippen molar-refractivity contribution in [2.75, 3.05) is 17.1 Å². The highest BCUT2D eigenvalue weighted by atomic mass is 32.2. The van der Waals surface area contributed by atoms with Crippen molar-refractivity contribution in [3.8, 4) is 0 Å². The van der Waals surface area contributed by atoms with Crippen LogP contribution in [0.15, 0.2) is 0 Å². The number of aliphatic hydroxyl groups excluding tert-OH is 1. The molecule has 0 amide bonds. The van der Waals surface area contributed by atoms with E-state index in [2.05, 4.69) is 28.8 Å². The van der Waals surface area contributed by atoms with E-state index in [0.29, 0.717) is 11.0 Å². The number of hydrogen-bond acceptors (Lipinski definition) is 6. The van der Waals surface area contributed by atoms with Crippen molar-refractivity contribution < 1.29 is 13.5 Å². The van der Waals surface area contributed by atoms with Crippen LogP contribution in [0.5, 0.6) is 0 Å². The Labute approximate surface area is 105 Å². The van der Waals surface area contributed by atoms with Gasteiger partial charge in [-0.1, -0.05) is 25.2 Å². The zero-order valence-electron chi connectivity index (χ0n) is 9.88. The number of nitrogens with one attached hydrogen (secondary N) is 1. The summed E-state index contributed by atoms with van der Waals surface area (Å²) in [6.45, 7) is 3.98. The van der Waals surface area contributed by atoms with Gasteiger partial charge < -0.3 is 5.11 Å². The summed E-state index contributed by atoms with van der Waals surface area (Å²) in [5, 5.41) is 17.4. The Morgan fingerprint density at radius 1 is 1.41 bits per heavy atom. The standard InChI is InChI=1S/C9H17N3O3S2/c1-7(2)6-8-10-11-9(16-8)12-17(14,15)5-3-4-13/h7,13H,3-6H2,1-2H3,(H,11,12). The molecular weight excluding hydrogens is 262 g/mol. The first-order valence-corrected chi connectivity index (χ1v) is 7.83. The molecule has 0 atom stereocenters. The van der Waals surface area contributed by atoms with Crippen LogP contribution in [-0.4, -0.2) is 36.1 Å². The third-order valence-corrected chi connectivity index (χ3v) is 4.18. The predicted octanol–water partition coefficient (Wildman–Crippen LogP) is 0.861. The van der Waals surface area contributed by atoms with E-state index in [1.54, 1.807) is 0 Å². The molecule has 0 saturated carbocycles. The van der Waals surface area contributed by atoms with E-state index < -0.39 is 10.0 Å². The maximum Gasteiger partial charge on any atom is 0.234 e. The lowest BCUT2D eigenvalue weighted by Gasteiger charge is -2.02. The Balaban J connectivity index is 2.59. The summed E-state index contributed by atoms with van der Waals surface area (Å²) in [6.07, 6.45) is 1.00. The second kappa shape index (κ2) is 6.27. The molecule has 0 aliphatic heterocycles. The van der Waals surface area contributed by atoms with Crippen LogP contribution in [0, 0.1) is 5.92 Å². The highest BCUT2D eigenvalue weighted by Gasteiger charge is 2.13. The molecule has 0 fully saturated rings. The average Bonchev–Trinajstić information content (AvgIpc) is 2.60. The number of rotatable bonds is 7. The Morgan fingerprint density at radius 3 is 2.71 bits per heavy atom.